The molecule has 94 valence electrons. The Bertz CT molecular complexity index is 241. The van der Waals surface area contributed by atoms with Crippen LogP contribution < -0.4 is 0 Å². The minimum Gasteiger partial charge on any atom is -0.394 e. The van der Waals surface area contributed by atoms with Gasteiger partial charge >= 0.3 is 0 Å². The van der Waals surface area contributed by atoms with E-state index in [1.165, 1.54) is 12.8 Å². The van der Waals surface area contributed by atoms with E-state index in [1.807, 2.05) is 0 Å². The van der Waals surface area contributed by atoms with Gasteiger partial charge in [0.25, 0.3) is 0 Å². The highest BCUT2D eigenvalue weighted by Gasteiger charge is 2.51. The Morgan fingerprint density at radius 3 is 2.69 bits per heavy atom. The van der Waals surface area contributed by atoms with Crippen molar-refractivity contribution in [1.29, 1.82) is 0 Å². The van der Waals surface area contributed by atoms with Crippen LogP contribution in [-0.2, 0) is 9.47 Å². The predicted molar refractivity (Wildman–Crippen MR) is 62.0 cm³/mol. The third kappa shape index (κ3) is 2.13. The van der Waals surface area contributed by atoms with E-state index in [4.69, 9.17) is 14.6 Å². The van der Waals surface area contributed by atoms with Gasteiger partial charge in [-0.15, -0.1) is 0 Å². The summed E-state index contributed by atoms with van der Waals surface area (Å²) in [5.74, 6) is 1.30. The van der Waals surface area contributed by atoms with Crippen LogP contribution in [0.3, 0.4) is 0 Å². The summed E-state index contributed by atoms with van der Waals surface area (Å²) in [6.07, 6.45) is 3.30. The Morgan fingerprint density at radius 1 is 1.38 bits per heavy atom. The topological polar surface area (TPSA) is 38.7 Å². The molecule has 16 heavy (non-hydrogen) atoms. The van der Waals surface area contributed by atoms with Crippen molar-refractivity contribution < 1.29 is 14.6 Å². The van der Waals surface area contributed by atoms with E-state index >= 15 is 0 Å². The SMILES string of the molecule is CC(C)[C@@H]1CC[C@H](C)C[C@@]12OC[C@H](CO)O2. The van der Waals surface area contributed by atoms with Gasteiger partial charge in [-0.3, -0.25) is 0 Å². The second-order valence-corrected chi connectivity index (χ2v) is 5.78. The molecule has 0 amide bonds. The molecule has 1 saturated heterocycles. The molecule has 2 aliphatic rings. The summed E-state index contributed by atoms with van der Waals surface area (Å²) in [7, 11) is 0. The summed E-state index contributed by atoms with van der Waals surface area (Å²) in [4.78, 5) is 0. The Balaban J connectivity index is 2.13. The molecule has 2 rings (SSSR count). The Labute approximate surface area is 98.1 Å². The monoisotopic (exact) mass is 228 g/mol. The third-order valence-electron chi connectivity index (χ3n) is 4.06. The van der Waals surface area contributed by atoms with Crippen molar-refractivity contribution in [2.75, 3.05) is 13.2 Å². The molecule has 0 aromatic heterocycles. The van der Waals surface area contributed by atoms with Gasteiger partial charge < -0.3 is 14.6 Å². The first-order chi connectivity index (χ1) is 7.57. The average Bonchev–Trinajstić information content (AvgIpc) is 2.61. The molecule has 1 heterocycles. The summed E-state index contributed by atoms with van der Waals surface area (Å²) in [6.45, 7) is 7.35. The second-order valence-electron chi connectivity index (χ2n) is 5.78. The van der Waals surface area contributed by atoms with Gasteiger partial charge in [0, 0.05) is 12.3 Å². The molecule has 0 aromatic carbocycles. The fraction of sp³-hybridized carbons (Fsp3) is 1.00. The fourth-order valence-electron chi connectivity index (χ4n) is 3.24. The van der Waals surface area contributed by atoms with E-state index < -0.39 is 5.79 Å². The second kappa shape index (κ2) is 4.63. The highest BCUT2D eigenvalue weighted by atomic mass is 16.7. The van der Waals surface area contributed by atoms with Crippen LogP contribution in [0, 0.1) is 17.8 Å². The molecular formula is C13H24O3. The fourth-order valence-corrected chi connectivity index (χ4v) is 3.24. The molecule has 0 radical (unpaired) electrons. The zero-order valence-electron chi connectivity index (χ0n) is 10.6. The molecule has 4 atom stereocenters. The van der Waals surface area contributed by atoms with Crippen molar-refractivity contribution >= 4 is 0 Å². The standard InChI is InChI=1S/C13H24O3/c1-9(2)12-5-4-10(3)6-13(12)15-8-11(7-14)16-13/h9-12,14H,4-8H2,1-3H3/t10-,11-,12-,13-/m0/s1. The van der Waals surface area contributed by atoms with Crippen molar-refractivity contribution in [3.05, 3.63) is 0 Å². The molecule has 3 heteroatoms. The maximum Gasteiger partial charge on any atom is 0.172 e. The highest BCUT2D eigenvalue weighted by molar-refractivity contribution is 4.92. The molecule has 0 aromatic rings. The maximum atomic E-state index is 9.17. The molecule has 3 nitrogen and oxygen atoms in total. The highest BCUT2D eigenvalue weighted by Crippen LogP contribution is 2.47. The number of aliphatic hydroxyl groups is 1. The molecule has 1 N–H and O–H groups in total. The van der Waals surface area contributed by atoms with E-state index in [0.717, 1.165) is 6.42 Å². The quantitative estimate of drug-likeness (QED) is 0.787. The van der Waals surface area contributed by atoms with E-state index in [2.05, 4.69) is 20.8 Å². The van der Waals surface area contributed by atoms with E-state index in [-0.39, 0.29) is 12.7 Å². The summed E-state index contributed by atoms with van der Waals surface area (Å²) in [5, 5.41) is 9.17. The molecule has 1 spiro atoms. The minimum absolute atomic E-state index is 0.0704. The van der Waals surface area contributed by atoms with Crippen LogP contribution in [0.1, 0.15) is 40.0 Å². The lowest BCUT2D eigenvalue weighted by atomic mass is 9.73. The predicted octanol–water partition coefficient (Wildman–Crippen LogP) is 2.18. The van der Waals surface area contributed by atoms with Crippen LogP contribution in [-0.4, -0.2) is 30.2 Å². The minimum atomic E-state index is -0.404. The van der Waals surface area contributed by atoms with Crippen molar-refractivity contribution in [2.45, 2.75) is 51.9 Å². The number of hydrogen-bond donors (Lipinski definition) is 1. The number of hydrogen-bond acceptors (Lipinski definition) is 3. The Hall–Kier alpha value is -0.120. The van der Waals surface area contributed by atoms with Crippen molar-refractivity contribution in [3.8, 4) is 0 Å². The first kappa shape index (κ1) is 12.3. The Kier molecular flexibility index (Phi) is 3.57. The molecule has 0 bridgehead atoms. The first-order valence-electron chi connectivity index (χ1n) is 6.50. The van der Waals surface area contributed by atoms with Crippen LogP contribution in [0.25, 0.3) is 0 Å². The number of aliphatic hydroxyl groups excluding tert-OH is 1. The molecular weight excluding hydrogens is 204 g/mol. The Morgan fingerprint density at radius 2 is 2.12 bits per heavy atom. The van der Waals surface area contributed by atoms with Gasteiger partial charge in [-0.25, -0.2) is 0 Å². The van der Waals surface area contributed by atoms with Gasteiger partial charge in [0.05, 0.1) is 13.2 Å². The van der Waals surface area contributed by atoms with E-state index in [9.17, 15) is 0 Å². The van der Waals surface area contributed by atoms with Gasteiger partial charge in [0.2, 0.25) is 0 Å². The summed E-state index contributed by atoms with van der Waals surface area (Å²) in [5.41, 5.74) is 0. The van der Waals surface area contributed by atoms with Crippen molar-refractivity contribution in [1.82, 2.24) is 0 Å². The van der Waals surface area contributed by atoms with Crippen LogP contribution in [0.4, 0.5) is 0 Å². The normalized spacial score (nSPS) is 44.4. The molecule has 0 unspecified atom stereocenters. The molecule has 1 aliphatic carbocycles. The summed E-state index contributed by atoms with van der Waals surface area (Å²) >= 11 is 0. The maximum absolute atomic E-state index is 9.17. The van der Waals surface area contributed by atoms with Crippen LogP contribution in [0.2, 0.25) is 0 Å². The van der Waals surface area contributed by atoms with Gasteiger partial charge in [0.15, 0.2) is 5.79 Å². The van der Waals surface area contributed by atoms with Gasteiger partial charge in [-0.2, -0.15) is 0 Å². The van der Waals surface area contributed by atoms with Gasteiger partial charge in [0.1, 0.15) is 6.10 Å². The van der Waals surface area contributed by atoms with Crippen LogP contribution in [0.15, 0.2) is 0 Å². The van der Waals surface area contributed by atoms with Crippen molar-refractivity contribution in [3.63, 3.8) is 0 Å². The van der Waals surface area contributed by atoms with Gasteiger partial charge in [-0.1, -0.05) is 27.2 Å². The summed E-state index contributed by atoms with van der Waals surface area (Å²) < 4.78 is 12.0. The molecule has 2 fully saturated rings. The third-order valence-corrected chi connectivity index (χ3v) is 4.06. The zero-order chi connectivity index (χ0) is 11.8. The van der Waals surface area contributed by atoms with Crippen molar-refractivity contribution in [2.24, 2.45) is 17.8 Å². The van der Waals surface area contributed by atoms with Crippen LogP contribution in [0.5, 0.6) is 0 Å². The lowest BCUT2D eigenvalue weighted by Gasteiger charge is -2.44. The lowest BCUT2D eigenvalue weighted by Crippen LogP contribution is -2.47. The number of rotatable bonds is 2. The smallest absolute Gasteiger partial charge is 0.172 e. The molecule has 1 aliphatic heterocycles. The largest absolute Gasteiger partial charge is 0.394 e. The van der Waals surface area contributed by atoms with Gasteiger partial charge in [-0.05, 0) is 18.3 Å². The van der Waals surface area contributed by atoms with Crippen LogP contribution >= 0.6 is 0 Å². The lowest BCUT2D eigenvalue weighted by molar-refractivity contribution is -0.240. The number of ether oxygens (including phenoxy) is 2. The van der Waals surface area contributed by atoms with E-state index in [1.54, 1.807) is 0 Å². The average molecular weight is 228 g/mol. The van der Waals surface area contributed by atoms with E-state index in [0.29, 0.717) is 24.4 Å². The first-order valence-corrected chi connectivity index (χ1v) is 6.50. The zero-order valence-corrected chi connectivity index (χ0v) is 10.6. The summed E-state index contributed by atoms with van der Waals surface area (Å²) in [6, 6.07) is 0. The molecule has 1 saturated carbocycles.